The minimum atomic E-state index is -1.51. The fourth-order valence-electron chi connectivity index (χ4n) is 1.59. The van der Waals surface area contributed by atoms with Gasteiger partial charge in [-0.05, 0) is 29.8 Å². The Kier molecular flexibility index (Phi) is 3.24. The van der Waals surface area contributed by atoms with Gasteiger partial charge in [0.2, 0.25) is 0 Å². The van der Waals surface area contributed by atoms with Crippen molar-refractivity contribution >= 4 is 27.5 Å². The molecule has 2 aromatic carbocycles. The summed E-state index contributed by atoms with van der Waals surface area (Å²) in [6.45, 7) is 1.45. The average Bonchev–Trinajstić information content (AvgIpc) is 2.36. The molecule has 1 N–H and O–H groups in total. The van der Waals surface area contributed by atoms with E-state index in [1.165, 1.54) is 6.92 Å². The molecule has 88 valence electrons. The molecule has 4 heteroatoms. The third-order valence-corrected chi connectivity index (χ3v) is 4.18. The van der Waals surface area contributed by atoms with E-state index in [0.717, 1.165) is 10.8 Å². The molecular formula is C13H12O3S. The molecule has 0 bridgehead atoms. The number of benzene rings is 2. The van der Waals surface area contributed by atoms with Crippen molar-refractivity contribution in [2.45, 2.75) is 17.1 Å². The minimum absolute atomic E-state index is 0.554. The minimum Gasteiger partial charge on any atom is -0.480 e. The van der Waals surface area contributed by atoms with Crippen LogP contribution in [-0.2, 0) is 15.6 Å². The molecule has 2 unspecified atom stereocenters. The predicted molar refractivity (Wildman–Crippen MR) is 67.5 cm³/mol. The Labute approximate surface area is 102 Å². The Bertz CT molecular complexity index is 592. The maximum atomic E-state index is 12.0. The highest BCUT2D eigenvalue weighted by Crippen LogP contribution is 2.19. The van der Waals surface area contributed by atoms with Crippen molar-refractivity contribution in [3.05, 3.63) is 42.5 Å². The van der Waals surface area contributed by atoms with Gasteiger partial charge in [0.05, 0.1) is 10.8 Å². The lowest BCUT2D eigenvalue weighted by Crippen LogP contribution is -2.21. The normalized spacial score (nSPS) is 14.4. The van der Waals surface area contributed by atoms with E-state index in [4.69, 9.17) is 5.11 Å². The molecule has 0 saturated heterocycles. The zero-order valence-electron chi connectivity index (χ0n) is 9.29. The van der Waals surface area contributed by atoms with E-state index < -0.39 is 22.0 Å². The van der Waals surface area contributed by atoms with Crippen LogP contribution in [0.4, 0.5) is 0 Å². The summed E-state index contributed by atoms with van der Waals surface area (Å²) in [7, 11) is -1.51. The predicted octanol–water partition coefficient (Wildman–Crippen LogP) is 2.42. The number of carboxylic acid groups (broad SMARTS) is 1. The SMILES string of the molecule is CC(C(=O)O)S(=O)c1ccc2ccccc2c1. The summed E-state index contributed by atoms with van der Waals surface area (Å²) >= 11 is 0. The van der Waals surface area contributed by atoms with Crippen molar-refractivity contribution < 1.29 is 14.1 Å². The van der Waals surface area contributed by atoms with Crippen LogP contribution in [0.5, 0.6) is 0 Å². The summed E-state index contributed by atoms with van der Waals surface area (Å²) < 4.78 is 12.0. The number of fused-ring (bicyclic) bond motifs is 1. The fraction of sp³-hybridized carbons (Fsp3) is 0.154. The molecule has 0 radical (unpaired) electrons. The van der Waals surface area contributed by atoms with Gasteiger partial charge < -0.3 is 5.11 Å². The van der Waals surface area contributed by atoms with Gasteiger partial charge in [-0.15, -0.1) is 0 Å². The zero-order chi connectivity index (χ0) is 12.4. The number of carboxylic acids is 1. The van der Waals surface area contributed by atoms with Crippen molar-refractivity contribution in [1.82, 2.24) is 0 Å². The highest BCUT2D eigenvalue weighted by Gasteiger charge is 2.20. The Morgan fingerprint density at radius 2 is 1.82 bits per heavy atom. The molecule has 0 aliphatic heterocycles. The van der Waals surface area contributed by atoms with Gasteiger partial charge in [-0.1, -0.05) is 30.3 Å². The molecule has 3 nitrogen and oxygen atoms in total. The topological polar surface area (TPSA) is 54.4 Å². The standard InChI is InChI=1S/C13H12O3S/c1-9(13(14)15)17(16)12-7-6-10-4-2-3-5-11(10)8-12/h2-9H,1H3,(H,14,15). The monoisotopic (exact) mass is 248 g/mol. The van der Waals surface area contributed by atoms with Gasteiger partial charge in [-0.3, -0.25) is 9.00 Å². The van der Waals surface area contributed by atoms with Gasteiger partial charge in [0.15, 0.2) is 0 Å². The highest BCUT2D eigenvalue weighted by atomic mass is 32.2. The van der Waals surface area contributed by atoms with Crippen LogP contribution in [0.25, 0.3) is 10.8 Å². The summed E-state index contributed by atoms with van der Waals surface area (Å²) in [5.74, 6) is -1.04. The van der Waals surface area contributed by atoms with Crippen LogP contribution in [-0.4, -0.2) is 20.5 Å². The molecule has 0 heterocycles. The van der Waals surface area contributed by atoms with E-state index in [-0.39, 0.29) is 0 Å². The highest BCUT2D eigenvalue weighted by molar-refractivity contribution is 7.86. The number of hydrogen-bond acceptors (Lipinski definition) is 2. The molecule has 0 aromatic heterocycles. The van der Waals surface area contributed by atoms with Gasteiger partial charge in [0.25, 0.3) is 0 Å². The van der Waals surface area contributed by atoms with Crippen LogP contribution in [0.15, 0.2) is 47.4 Å². The molecule has 0 aliphatic rings. The zero-order valence-corrected chi connectivity index (χ0v) is 10.1. The molecule has 2 rings (SSSR count). The van der Waals surface area contributed by atoms with Crippen molar-refractivity contribution in [1.29, 1.82) is 0 Å². The fourth-order valence-corrected chi connectivity index (χ4v) is 2.62. The summed E-state index contributed by atoms with van der Waals surface area (Å²) in [5, 5.41) is 9.96. The lowest BCUT2D eigenvalue weighted by molar-refractivity contribution is -0.136. The van der Waals surface area contributed by atoms with Crippen LogP contribution >= 0.6 is 0 Å². The van der Waals surface area contributed by atoms with Crippen LogP contribution < -0.4 is 0 Å². The van der Waals surface area contributed by atoms with E-state index in [1.807, 2.05) is 30.3 Å². The van der Waals surface area contributed by atoms with E-state index in [2.05, 4.69) is 0 Å². The molecule has 0 fully saturated rings. The first-order valence-corrected chi connectivity index (χ1v) is 6.43. The van der Waals surface area contributed by atoms with E-state index in [1.54, 1.807) is 12.1 Å². The Balaban J connectivity index is 2.43. The van der Waals surface area contributed by atoms with Crippen LogP contribution in [0.2, 0.25) is 0 Å². The van der Waals surface area contributed by atoms with Crippen LogP contribution in [0.1, 0.15) is 6.92 Å². The van der Waals surface area contributed by atoms with Gasteiger partial charge >= 0.3 is 5.97 Å². The molecule has 0 amide bonds. The Hall–Kier alpha value is -1.68. The quantitative estimate of drug-likeness (QED) is 0.907. The lowest BCUT2D eigenvalue weighted by atomic mass is 10.1. The lowest BCUT2D eigenvalue weighted by Gasteiger charge is -2.07. The van der Waals surface area contributed by atoms with Crippen molar-refractivity contribution in [2.24, 2.45) is 0 Å². The average molecular weight is 248 g/mol. The summed E-state index contributed by atoms with van der Waals surface area (Å²) in [6.07, 6.45) is 0. The first-order chi connectivity index (χ1) is 8.09. The third kappa shape index (κ3) is 2.36. The van der Waals surface area contributed by atoms with Crippen molar-refractivity contribution in [3.63, 3.8) is 0 Å². The summed E-state index contributed by atoms with van der Waals surface area (Å²) in [4.78, 5) is 11.3. The second-order valence-corrected chi connectivity index (χ2v) is 5.56. The van der Waals surface area contributed by atoms with Crippen LogP contribution in [0.3, 0.4) is 0 Å². The Morgan fingerprint density at radius 1 is 1.18 bits per heavy atom. The third-order valence-electron chi connectivity index (χ3n) is 2.62. The van der Waals surface area contributed by atoms with E-state index in [9.17, 15) is 9.00 Å². The van der Waals surface area contributed by atoms with E-state index >= 15 is 0 Å². The van der Waals surface area contributed by atoms with Gasteiger partial charge in [0.1, 0.15) is 5.25 Å². The van der Waals surface area contributed by atoms with Gasteiger partial charge in [-0.25, -0.2) is 0 Å². The molecule has 2 aromatic rings. The molecule has 0 spiro atoms. The van der Waals surface area contributed by atoms with Gasteiger partial charge in [-0.2, -0.15) is 0 Å². The largest absolute Gasteiger partial charge is 0.480 e. The maximum Gasteiger partial charge on any atom is 0.319 e. The number of aliphatic carboxylic acids is 1. The smallest absolute Gasteiger partial charge is 0.319 e. The second-order valence-electron chi connectivity index (χ2n) is 3.79. The number of hydrogen-bond donors (Lipinski definition) is 1. The van der Waals surface area contributed by atoms with Crippen molar-refractivity contribution in [3.8, 4) is 0 Å². The molecule has 0 aliphatic carbocycles. The van der Waals surface area contributed by atoms with Gasteiger partial charge in [0, 0.05) is 4.90 Å². The first kappa shape index (κ1) is 11.8. The molecule has 17 heavy (non-hydrogen) atoms. The molecular weight excluding hydrogens is 236 g/mol. The maximum absolute atomic E-state index is 12.0. The number of carbonyl (C=O) groups is 1. The van der Waals surface area contributed by atoms with Crippen LogP contribution in [0, 0.1) is 0 Å². The Morgan fingerprint density at radius 3 is 2.47 bits per heavy atom. The van der Waals surface area contributed by atoms with E-state index in [0.29, 0.717) is 4.90 Å². The second kappa shape index (κ2) is 4.67. The molecule has 2 atom stereocenters. The summed E-state index contributed by atoms with van der Waals surface area (Å²) in [5.41, 5.74) is 0. The van der Waals surface area contributed by atoms with Crippen molar-refractivity contribution in [2.75, 3.05) is 0 Å². The number of rotatable bonds is 3. The summed E-state index contributed by atoms with van der Waals surface area (Å²) in [6, 6.07) is 13.1. The molecule has 0 saturated carbocycles. The first-order valence-electron chi connectivity index (χ1n) is 5.22.